The van der Waals surface area contributed by atoms with Gasteiger partial charge in [-0.3, -0.25) is 0 Å². The van der Waals surface area contributed by atoms with E-state index in [4.69, 9.17) is 23.2 Å². The van der Waals surface area contributed by atoms with Gasteiger partial charge in [0.2, 0.25) is 0 Å². The molecule has 0 aliphatic heterocycles. The molecular formula is C23H32Cl2N2. The molecule has 27 heavy (non-hydrogen) atoms. The minimum absolute atomic E-state index is 0.0121. The second kappa shape index (κ2) is 9.71. The second-order valence-corrected chi connectivity index (χ2v) is 8.23. The monoisotopic (exact) mass is 406 g/mol. The lowest BCUT2D eigenvalue weighted by atomic mass is 9.80. The van der Waals surface area contributed by atoms with Crippen LogP contribution >= 0.6 is 23.2 Å². The lowest BCUT2D eigenvalue weighted by Gasteiger charge is -2.50. The van der Waals surface area contributed by atoms with Crippen molar-refractivity contribution in [1.82, 2.24) is 0 Å². The molecule has 2 atom stereocenters. The van der Waals surface area contributed by atoms with Crippen LogP contribution in [0.5, 0.6) is 0 Å². The van der Waals surface area contributed by atoms with Gasteiger partial charge in [0.05, 0.1) is 5.54 Å². The van der Waals surface area contributed by atoms with Crippen molar-refractivity contribution in [1.29, 1.82) is 0 Å². The van der Waals surface area contributed by atoms with E-state index >= 15 is 0 Å². The Balaban J connectivity index is 2.41. The highest BCUT2D eigenvalue weighted by Crippen LogP contribution is 2.37. The standard InChI is InChI=1S/C23H32Cl2N2/c1-6-8-17-23(7-2,27(5)22-15-11-20(25)12-16-22)18(3)26(4)21-13-9-19(24)10-14-21/h9-16,18H,6-8,17H2,1-5H3. The first-order chi connectivity index (χ1) is 12.9. The molecule has 0 aromatic heterocycles. The Labute approximate surface area is 175 Å². The smallest absolute Gasteiger partial charge is 0.0596 e. The predicted molar refractivity (Wildman–Crippen MR) is 122 cm³/mol. The van der Waals surface area contributed by atoms with Gasteiger partial charge in [-0.25, -0.2) is 0 Å². The van der Waals surface area contributed by atoms with Crippen LogP contribution in [0, 0.1) is 0 Å². The Morgan fingerprint density at radius 1 is 0.852 bits per heavy atom. The highest BCUT2D eigenvalue weighted by atomic mass is 35.5. The van der Waals surface area contributed by atoms with Crippen molar-refractivity contribution >= 4 is 34.6 Å². The zero-order valence-corrected chi connectivity index (χ0v) is 18.7. The van der Waals surface area contributed by atoms with Gasteiger partial charge in [-0.05, 0) is 68.3 Å². The van der Waals surface area contributed by atoms with Gasteiger partial charge in [0, 0.05) is 41.6 Å². The lowest BCUT2D eigenvalue weighted by molar-refractivity contribution is 0.293. The molecule has 0 amide bonds. The van der Waals surface area contributed by atoms with Gasteiger partial charge in [-0.2, -0.15) is 0 Å². The molecule has 0 heterocycles. The molecule has 0 bridgehead atoms. The molecule has 0 spiro atoms. The van der Waals surface area contributed by atoms with Crippen molar-refractivity contribution in [2.75, 3.05) is 23.9 Å². The molecule has 0 saturated heterocycles. The normalized spacial score (nSPS) is 14.5. The van der Waals surface area contributed by atoms with Crippen LogP contribution in [0.25, 0.3) is 0 Å². The molecule has 0 aliphatic carbocycles. The van der Waals surface area contributed by atoms with Gasteiger partial charge in [-0.1, -0.05) is 49.9 Å². The number of halogens is 2. The summed E-state index contributed by atoms with van der Waals surface area (Å²) in [4.78, 5) is 4.83. The fraction of sp³-hybridized carbons (Fsp3) is 0.478. The van der Waals surface area contributed by atoms with Crippen LogP contribution in [-0.4, -0.2) is 25.7 Å². The predicted octanol–water partition coefficient (Wildman–Crippen LogP) is 7.29. The summed E-state index contributed by atoms with van der Waals surface area (Å²) >= 11 is 12.2. The molecule has 2 nitrogen and oxygen atoms in total. The van der Waals surface area contributed by atoms with Gasteiger partial charge in [0.1, 0.15) is 0 Å². The van der Waals surface area contributed by atoms with E-state index in [-0.39, 0.29) is 5.54 Å². The van der Waals surface area contributed by atoms with E-state index < -0.39 is 0 Å². The minimum atomic E-state index is 0.0121. The Hall–Kier alpha value is -1.38. The van der Waals surface area contributed by atoms with Crippen LogP contribution in [0.3, 0.4) is 0 Å². The summed E-state index contributed by atoms with van der Waals surface area (Å²) in [6, 6.07) is 16.6. The van der Waals surface area contributed by atoms with E-state index in [9.17, 15) is 0 Å². The van der Waals surface area contributed by atoms with E-state index in [2.05, 4.69) is 68.9 Å². The summed E-state index contributed by atoms with van der Waals surface area (Å²) in [7, 11) is 4.40. The van der Waals surface area contributed by atoms with E-state index in [1.165, 1.54) is 24.2 Å². The van der Waals surface area contributed by atoms with Crippen molar-refractivity contribution in [2.45, 2.75) is 58.0 Å². The van der Waals surface area contributed by atoms with E-state index in [1.807, 2.05) is 24.3 Å². The molecule has 2 aromatic rings. The Morgan fingerprint density at radius 3 is 1.78 bits per heavy atom. The quantitative estimate of drug-likeness (QED) is 0.430. The number of anilines is 2. The molecule has 0 aliphatic rings. The van der Waals surface area contributed by atoms with Crippen molar-refractivity contribution in [3.05, 3.63) is 58.6 Å². The molecule has 2 unspecified atom stereocenters. The summed E-state index contributed by atoms with van der Waals surface area (Å²) in [6.45, 7) is 6.89. The minimum Gasteiger partial charge on any atom is -0.370 e. The molecular weight excluding hydrogens is 375 g/mol. The number of unbranched alkanes of at least 4 members (excludes halogenated alkanes) is 1. The van der Waals surface area contributed by atoms with E-state index in [0.717, 1.165) is 22.9 Å². The lowest BCUT2D eigenvalue weighted by Crippen LogP contribution is -2.59. The maximum atomic E-state index is 6.12. The molecule has 0 fully saturated rings. The fourth-order valence-corrected chi connectivity index (χ4v) is 4.28. The number of benzene rings is 2. The van der Waals surface area contributed by atoms with Crippen LogP contribution in [0.2, 0.25) is 10.0 Å². The maximum absolute atomic E-state index is 6.12. The molecule has 0 N–H and O–H groups in total. The summed E-state index contributed by atoms with van der Waals surface area (Å²) in [5.41, 5.74) is 2.40. The van der Waals surface area contributed by atoms with E-state index in [0.29, 0.717) is 6.04 Å². The first kappa shape index (κ1) is 21.9. The zero-order valence-electron chi connectivity index (χ0n) is 17.2. The largest absolute Gasteiger partial charge is 0.370 e. The fourth-order valence-electron chi connectivity index (χ4n) is 4.03. The first-order valence-corrected chi connectivity index (χ1v) is 10.6. The Bertz CT molecular complexity index is 699. The summed E-state index contributed by atoms with van der Waals surface area (Å²) in [6.07, 6.45) is 4.58. The van der Waals surface area contributed by atoms with Crippen molar-refractivity contribution in [3.8, 4) is 0 Å². The number of rotatable bonds is 9. The van der Waals surface area contributed by atoms with Crippen molar-refractivity contribution in [3.63, 3.8) is 0 Å². The summed E-state index contributed by atoms with van der Waals surface area (Å²) in [5.74, 6) is 0. The molecule has 0 saturated carbocycles. The average molecular weight is 407 g/mol. The third kappa shape index (κ3) is 4.92. The molecule has 2 aromatic carbocycles. The molecule has 0 radical (unpaired) electrons. The number of nitrogens with zero attached hydrogens (tertiary/aromatic N) is 2. The second-order valence-electron chi connectivity index (χ2n) is 7.36. The number of hydrogen-bond acceptors (Lipinski definition) is 2. The van der Waals surface area contributed by atoms with Crippen LogP contribution < -0.4 is 9.80 Å². The first-order valence-electron chi connectivity index (χ1n) is 9.83. The molecule has 2 rings (SSSR count). The van der Waals surface area contributed by atoms with Crippen LogP contribution in [0.15, 0.2) is 48.5 Å². The Kier molecular flexibility index (Phi) is 7.88. The zero-order chi connectivity index (χ0) is 20.0. The topological polar surface area (TPSA) is 6.48 Å². The molecule has 4 heteroatoms. The summed E-state index contributed by atoms with van der Waals surface area (Å²) < 4.78 is 0. The van der Waals surface area contributed by atoms with Crippen LogP contribution in [0.4, 0.5) is 11.4 Å². The number of likely N-dealkylation sites (N-methyl/N-ethyl adjacent to an activating group) is 2. The van der Waals surface area contributed by atoms with Gasteiger partial charge in [0.25, 0.3) is 0 Å². The van der Waals surface area contributed by atoms with Crippen molar-refractivity contribution < 1.29 is 0 Å². The maximum Gasteiger partial charge on any atom is 0.0596 e. The third-order valence-corrected chi connectivity index (χ3v) is 6.55. The van der Waals surface area contributed by atoms with Crippen LogP contribution in [0.1, 0.15) is 46.5 Å². The molecule has 148 valence electrons. The van der Waals surface area contributed by atoms with Crippen molar-refractivity contribution in [2.24, 2.45) is 0 Å². The highest BCUT2D eigenvalue weighted by molar-refractivity contribution is 6.30. The highest BCUT2D eigenvalue weighted by Gasteiger charge is 2.40. The van der Waals surface area contributed by atoms with Gasteiger partial charge in [0.15, 0.2) is 0 Å². The third-order valence-electron chi connectivity index (χ3n) is 6.05. The Morgan fingerprint density at radius 2 is 1.33 bits per heavy atom. The van der Waals surface area contributed by atoms with E-state index in [1.54, 1.807) is 0 Å². The van der Waals surface area contributed by atoms with Gasteiger partial charge in [-0.15, -0.1) is 0 Å². The summed E-state index contributed by atoms with van der Waals surface area (Å²) in [5, 5.41) is 1.54. The van der Waals surface area contributed by atoms with Gasteiger partial charge >= 0.3 is 0 Å². The van der Waals surface area contributed by atoms with Crippen LogP contribution in [-0.2, 0) is 0 Å². The van der Waals surface area contributed by atoms with Gasteiger partial charge < -0.3 is 9.80 Å². The average Bonchev–Trinajstić information content (AvgIpc) is 2.69. The SMILES string of the molecule is CCCCC(CC)(C(C)N(C)c1ccc(Cl)cc1)N(C)c1ccc(Cl)cc1. The number of hydrogen-bond donors (Lipinski definition) is 0.